The smallest absolute Gasteiger partial charge is 0.141 e. The van der Waals surface area contributed by atoms with Crippen molar-refractivity contribution in [2.24, 2.45) is 16.7 Å². The summed E-state index contributed by atoms with van der Waals surface area (Å²) in [5.74, 6) is 0.735. The summed E-state index contributed by atoms with van der Waals surface area (Å²) in [6, 6.07) is 0. The molecule has 2 bridgehead atoms. The number of nitrogens with one attached hydrogen (secondary N) is 1. The van der Waals surface area contributed by atoms with Crippen molar-refractivity contribution in [1.82, 2.24) is 5.32 Å². The number of ketones is 1. The van der Waals surface area contributed by atoms with E-state index in [1.54, 1.807) is 0 Å². The Bertz CT molecular complexity index is 225. The lowest BCUT2D eigenvalue weighted by Crippen LogP contribution is -2.68. The van der Waals surface area contributed by atoms with Gasteiger partial charge in [0.2, 0.25) is 0 Å². The molecular weight excluding hydrogens is 162 g/mol. The fraction of sp³-hybridized carbons (Fsp3) is 0.909. The Labute approximate surface area is 80.1 Å². The molecule has 0 aromatic carbocycles. The minimum atomic E-state index is 0.130. The highest BCUT2D eigenvalue weighted by Crippen LogP contribution is 2.73. The number of Topliss-reactive ketones (excluding diaryl/α,β-unsaturated/α-hetero) is 1. The zero-order valence-corrected chi connectivity index (χ0v) is 8.81. The SMILES string of the molecule is CNCC12CC(C(=O)C(C)C)(C1)C2. The van der Waals surface area contributed by atoms with E-state index in [9.17, 15) is 4.79 Å². The Morgan fingerprint density at radius 3 is 2.31 bits per heavy atom. The van der Waals surface area contributed by atoms with Gasteiger partial charge in [0.1, 0.15) is 5.78 Å². The monoisotopic (exact) mass is 181 g/mol. The average Bonchev–Trinajstić information content (AvgIpc) is 1.92. The Morgan fingerprint density at radius 2 is 1.92 bits per heavy atom. The summed E-state index contributed by atoms with van der Waals surface area (Å²) in [6.07, 6.45) is 3.45. The van der Waals surface area contributed by atoms with Crippen molar-refractivity contribution >= 4 is 5.78 Å². The zero-order chi connectivity index (χ0) is 9.69. The van der Waals surface area contributed by atoms with Crippen LogP contribution in [0.2, 0.25) is 0 Å². The molecule has 2 nitrogen and oxygen atoms in total. The van der Waals surface area contributed by atoms with Crippen LogP contribution >= 0.6 is 0 Å². The summed E-state index contributed by atoms with van der Waals surface area (Å²) < 4.78 is 0. The van der Waals surface area contributed by atoms with E-state index < -0.39 is 0 Å². The molecular formula is C11H19NO. The quantitative estimate of drug-likeness (QED) is 0.713. The first-order valence-electron chi connectivity index (χ1n) is 5.23. The fourth-order valence-electron chi connectivity index (χ4n) is 3.43. The molecule has 0 aliphatic heterocycles. The van der Waals surface area contributed by atoms with Gasteiger partial charge in [-0.3, -0.25) is 4.79 Å². The van der Waals surface area contributed by atoms with Gasteiger partial charge in [-0.1, -0.05) is 13.8 Å². The molecule has 0 amide bonds. The van der Waals surface area contributed by atoms with Crippen LogP contribution in [0.4, 0.5) is 0 Å². The van der Waals surface area contributed by atoms with Gasteiger partial charge in [0.25, 0.3) is 0 Å². The second-order valence-electron chi connectivity index (χ2n) is 5.36. The predicted octanol–water partition coefficient (Wildman–Crippen LogP) is 1.60. The molecule has 3 aliphatic carbocycles. The maximum Gasteiger partial charge on any atom is 0.141 e. The van der Waals surface area contributed by atoms with Crippen LogP contribution in [0.3, 0.4) is 0 Å². The summed E-state index contributed by atoms with van der Waals surface area (Å²) >= 11 is 0. The van der Waals surface area contributed by atoms with E-state index in [0.717, 1.165) is 25.8 Å². The molecule has 0 unspecified atom stereocenters. The van der Waals surface area contributed by atoms with E-state index in [2.05, 4.69) is 5.32 Å². The number of carbonyl (C=O) groups is 1. The Balaban J connectivity index is 1.93. The van der Waals surface area contributed by atoms with Crippen molar-refractivity contribution in [3.8, 4) is 0 Å². The molecule has 1 N–H and O–H groups in total. The maximum absolute atomic E-state index is 11.8. The zero-order valence-electron chi connectivity index (χ0n) is 8.81. The molecule has 3 saturated carbocycles. The van der Waals surface area contributed by atoms with Gasteiger partial charge in [0.05, 0.1) is 0 Å². The molecule has 74 valence electrons. The van der Waals surface area contributed by atoms with Gasteiger partial charge >= 0.3 is 0 Å². The Morgan fingerprint density at radius 1 is 1.38 bits per heavy atom. The van der Waals surface area contributed by atoms with Crippen LogP contribution in [0.25, 0.3) is 0 Å². The highest BCUT2D eigenvalue weighted by atomic mass is 16.1. The highest BCUT2D eigenvalue weighted by molar-refractivity contribution is 5.89. The lowest BCUT2D eigenvalue weighted by atomic mass is 9.33. The van der Waals surface area contributed by atoms with Gasteiger partial charge in [0, 0.05) is 17.9 Å². The number of rotatable bonds is 4. The van der Waals surface area contributed by atoms with Crippen molar-refractivity contribution in [2.75, 3.05) is 13.6 Å². The van der Waals surface area contributed by atoms with Crippen molar-refractivity contribution < 1.29 is 4.79 Å². The van der Waals surface area contributed by atoms with E-state index in [4.69, 9.17) is 0 Å². The van der Waals surface area contributed by atoms with Crippen LogP contribution in [0, 0.1) is 16.7 Å². The number of hydrogen-bond acceptors (Lipinski definition) is 2. The first-order chi connectivity index (χ1) is 6.04. The second kappa shape index (κ2) is 2.57. The van der Waals surface area contributed by atoms with E-state index in [0.29, 0.717) is 11.2 Å². The molecule has 3 rings (SSSR count). The van der Waals surface area contributed by atoms with Gasteiger partial charge in [-0.25, -0.2) is 0 Å². The van der Waals surface area contributed by atoms with Crippen LogP contribution in [0.15, 0.2) is 0 Å². The topological polar surface area (TPSA) is 29.1 Å². The maximum atomic E-state index is 11.8. The predicted molar refractivity (Wildman–Crippen MR) is 52.5 cm³/mol. The standard InChI is InChI=1S/C11H19NO/c1-8(2)9(13)11-4-10(5-11,6-11)7-12-3/h8,12H,4-7H2,1-3H3. The molecule has 3 fully saturated rings. The molecule has 0 radical (unpaired) electrons. The molecule has 0 heterocycles. The van der Waals surface area contributed by atoms with E-state index in [1.807, 2.05) is 20.9 Å². The third kappa shape index (κ3) is 1.08. The third-order valence-electron chi connectivity index (χ3n) is 3.74. The van der Waals surface area contributed by atoms with Gasteiger partial charge in [-0.15, -0.1) is 0 Å². The van der Waals surface area contributed by atoms with Gasteiger partial charge in [-0.05, 0) is 31.7 Å². The van der Waals surface area contributed by atoms with Crippen LogP contribution in [0.1, 0.15) is 33.1 Å². The molecule has 0 aromatic rings. The van der Waals surface area contributed by atoms with Crippen molar-refractivity contribution in [2.45, 2.75) is 33.1 Å². The summed E-state index contributed by atoms with van der Waals surface area (Å²) in [5, 5.41) is 3.22. The molecule has 2 heteroatoms. The first kappa shape index (κ1) is 9.20. The van der Waals surface area contributed by atoms with Crippen molar-refractivity contribution in [3.63, 3.8) is 0 Å². The number of carbonyl (C=O) groups excluding carboxylic acids is 1. The van der Waals surface area contributed by atoms with Crippen LogP contribution < -0.4 is 5.32 Å². The lowest BCUT2D eigenvalue weighted by molar-refractivity contribution is -0.205. The average molecular weight is 181 g/mol. The molecule has 0 aromatic heterocycles. The molecule has 0 spiro atoms. The molecule has 13 heavy (non-hydrogen) atoms. The van der Waals surface area contributed by atoms with Gasteiger partial charge < -0.3 is 5.32 Å². The van der Waals surface area contributed by atoms with Crippen molar-refractivity contribution in [1.29, 1.82) is 0 Å². The summed E-state index contributed by atoms with van der Waals surface area (Å²) in [7, 11) is 2.00. The Kier molecular flexibility index (Phi) is 1.82. The van der Waals surface area contributed by atoms with Crippen LogP contribution in [0.5, 0.6) is 0 Å². The minimum Gasteiger partial charge on any atom is -0.319 e. The van der Waals surface area contributed by atoms with Crippen LogP contribution in [-0.4, -0.2) is 19.4 Å². The highest BCUT2D eigenvalue weighted by Gasteiger charge is 2.70. The minimum absolute atomic E-state index is 0.130. The van der Waals surface area contributed by atoms with E-state index in [-0.39, 0.29) is 11.3 Å². The lowest BCUT2D eigenvalue weighted by Gasteiger charge is -2.70. The second-order valence-corrected chi connectivity index (χ2v) is 5.36. The summed E-state index contributed by atoms with van der Waals surface area (Å²) in [6.45, 7) is 5.14. The van der Waals surface area contributed by atoms with Gasteiger partial charge in [0.15, 0.2) is 0 Å². The summed E-state index contributed by atoms with van der Waals surface area (Å²) in [4.78, 5) is 11.8. The van der Waals surface area contributed by atoms with Crippen LogP contribution in [-0.2, 0) is 4.79 Å². The Hall–Kier alpha value is -0.370. The molecule has 3 aliphatic rings. The molecule has 0 atom stereocenters. The van der Waals surface area contributed by atoms with E-state index >= 15 is 0 Å². The van der Waals surface area contributed by atoms with Crippen molar-refractivity contribution in [3.05, 3.63) is 0 Å². The fourth-order valence-corrected chi connectivity index (χ4v) is 3.43. The largest absolute Gasteiger partial charge is 0.319 e. The third-order valence-corrected chi connectivity index (χ3v) is 3.74. The van der Waals surface area contributed by atoms with Gasteiger partial charge in [-0.2, -0.15) is 0 Å². The normalized spacial score (nSPS) is 41.2. The molecule has 0 saturated heterocycles. The first-order valence-corrected chi connectivity index (χ1v) is 5.23. The number of hydrogen-bond donors (Lipinski definition) is 1. The van der Waals surface area contributed by atoms with E-state index in [1.165, 1.54) is 0 Å². The summed E-state index contributed by atoms with van der Waals surface area (Å²) in [5.41, 5.74) is 0.643.